The van der Waals surface area contributed by atoms with Crippen LogP contribution in [-0.4, -0.2) is 21.7 Å². The molecule has 4 N–H and O–H groups in total. The number of nitrogens with one attached hydrogen (secondary N) is 1. The Kier molecular flexibility index (Phi) is 6.29. The lowest BCUT2D eigenvalue weighted by Gasteiger charge is -2.24. The van der Waals surface area contributed by atoms with Crippen LogP contribution in [-0.2, 0) is 4.74 Å². The smallest absolute Gasteiger partial charge is 0.284 e. The number of fused-ring (bicyclic) bond motifs is 2. The highest BCUT2D eigenvalue weighted by Crippen LogP contribution is 2.46. The first-order chi connectivity index (χ1) is 16.6. The number of rotatable bonds is 2. The van der Waals surface area contributed by atoms with Crippen LogP contribution in [0.5, 0.6) is 11.5 Å². The van der Waals surface area contributed by atoms with Gasteiger partial charge in [-0.25, -0.2) is 4.39 Å². The fourth-order valence-corrected chi connectivity index (χ4v) is 3.52. The van der Waals surface area contributed by atoms with E-state index in [1.807, 2.05) is 18.2 Å². The number of hydrogen-bond acceptors (Lipinski definition) is 5. The average molecular weight is 468 g/mol. The van der Waals surface area contributed by atoms with Crippen LogP contribution in [0.15, 0.2) is 55.1 Å². The number of halogens is 1. The quantitative estimate of drug-likeness (QED) is 0.170. The molecule has 0 unspecified atom stereocenters. The minimum Gasteiger partial charge on any atom is -0.453 e. The molecule has 1 aromatic heterocycles. The van der Waals surface area contributed by atoms with Crippen molar-refractivity contribution in [1.82, 2.24) is 4.98 Å². The molecule has 0 atom stereocenters. The Morgan fingerprint density at radius 2 is 1.91 bits per heavy atom. The van der Waals surface area contributed by atoms with Crippen molar-refractivity contribution in [2.24, 2.45) is 5.73 Å². The normalized spacial score (nSPS) is 12.8. The third kappa shape index (κ3) is 5.33. The van der Waals surface area contributed by atoms with Gasteiger partial charge >= 0.3 is 0 Å². The molecule has 3 aromatic rings. The molecule has 1 aliphatic rings. The second-order valence-electron chi connectivity index (χ2n) is 8.31. The third-order valence-electron chi connectivity index (χ3n) is 4.97. The second-order valence-corrected chi connectivity index (χ2v) is 8.31. The van der Waals surface area contributed by atoms with E-state index in [1.54, 1.807) is 31.5 Å². The number of pyridine rings is 1. The molecule has 0 aliphatic carbocycles. The number of nitrogens with zero attached hydrogens (tertiary/aromatic N) is 1. The van der Waals surface area contributed by atoms with Gasteiger partial charge in [-0.15, -0.1) is 5.92 Å². The Hall–Kier alpha value is -4.59. The Balaban J connectivity index is 1.88. The van der Waals surface area contributed by atoms with Crippen LogP contribution in [0.25, 0.3) is 16.7 Å². The SMILES string of the molecule is CC#Cc1cncc(-c2ccc3c(c2)C(=COC(=N)N)c2cc(C#CC(C)(C)O)cc(F)c2O3)c1. The van der Waals surface area contributed by atoms with Crippen LogP contribution in [0, 0.1) is 34.9 Å². The molecule has 7 heteroatoms. The molecule has 174 valence electrons. The number of aromatic nitrogens is 1. The van der Waals surface area contributed by atoms with Gasteiger partial charge in [-0.3, -0.25) is 10.4 Å². The summed E-state index contributed by atoms with van der Waals surface area (Å²) in [6, 6.07) is 9.72. The maximum Gasteiger partial charge on any atom is 0.284 e. The van der Waals surface area contributed by atoms with Crippen LogP contribution in [0.3, 0.4) is 0 Å². The minimum absolute atomic E-state index is 0.000607. The van der Waals surface area contributed by atoms with Gasteiger partial charge in [0.2, 0.25) is 0 Å². The topological polar surface area (TPSA) is 101 Å². The Morgan fingerprint density at radius 3 is 2.63 bits per heavy atom. The van der Waals surface area contributed by atoms with Crippen molar-refractivity contribution in [3.63, 3.8) is 0 Å². The third-order valence-corrected chi connectivity index (χ3v) is 4.97. The van der Waals surface area contributed by atoms with Gasteiger partial charge in [-0.05, 0) is 56.7 Å². The highest BCUT2D eigenvalue weighted by atomic mass is 19.1. The zero-order valence-electron chi connectivity index (χ0n) is 19.4. The Morgan fingerprint density at radius 1 is 1.11 bits per heavy atom. The summed E-state index contributed by atoms with van der Waals surface area (Å²) < 4.78 is 26.2. The molecule has 35 heavy (non-hydrogen) atoms. The first kappa shape index (κ1) is 23.6. The van der Waals surface area contributed by atoms with E-state index >= 15 is 4.39 Å². The molecule has 0 amide bonds. The van der Waals surface area contributed by atoms with Crippen LogP contribution >= 0.6 is 0 Å². The average Bonchev–Trinajstić information content (AvgIpc) is 2.80. The van der Waals surface area contributed by atoms with Crippen molar-refractivity contribution in [3.8, 4) is 46.3 Å². The number of nitrogens with two attached hydrogens (primary N) is 1. The molecule has 0 fully saturated rings. The first-order valence-corrected chi connectivity index (χ1v) is 10.7. The van der Waals surface area contributed by atoms with Crippen LogP contribution < -0.4 is 10.5 Å². The summed E-state index contributed by atoms with van der Waals surface area (Å²) in [6.45, 7) is 4.83. The van der Waals surface area contributed by atoms with Crippen molar-refractivity contribution in [3.05, 3.63) is 83.1 Å². The highest BCUT2D eigenvalue weighted by molar-refractivity contribution is 5.90. The lowest BCUT2D eigenvalue weighted by molar-refractivity contribution is 0.143. The van der Waals surface area contributed by atoms with E-state index in [4.69, 9.17) is 20.6 Å². The summed E-state index contributed by atoms with van der Waals surface area (Å²) in [5.74, 6) is 11.1. The zero-order chi connectivity index (χ0) is 25.2. The number of aliphatic hydroxyl groups is 1. The molecule has 0 saturated heterocycles. The first-order valence-electron chi connectivity index (χ1n) is 10.7. The number of hydrogen-bond donors (Lipinski definition) is 3. The summed E-state index contributed by atoms with van der Waals surface area (Å²) >= 11 is 0. The van der Waals surface area contributed by atoms with Gasteiger partial charge in [-0.2, -0.15) is 0 Å². The van der Waals surface area contributed by atoms with Gasteiger partial charge in [0.25, 0.3) is 6.02 Å². The van der Waals surface area contributed by atoms with E-state index in [1.165, 1.54) is 26.2 Å². The van der Waals surface area contributed by atoms with E-state index in [0.29, 0.717) is 28.0 Å². The van der Waals surface area contributed by atoms with Crippen LogP contribution in [0.4, 0.5) is 4.39 Å². The van der Waals surface area contributed by atoms with Gasteiger partial charge < -0.3 is 20.3 Å². The largest absolute Gasteiger partial charge is 0.453 e. The van der Waals surface area contributed by atoms with E-state index in [-0.39, 0.29) is 5.75 Å². The van der Waals surface area contributed by atoms with Crippen molar-refractivity contribution < 1.29 is 19.0 Å². The molecule has 0 spiro atoms. The predicted octanol–water partition coefficient (Wildman–Crippen LogP) is 4.79. The lowest BCUT2D eigenvalue weighted by Crippen LogP contribution is -2.14. The lowest BCUT2D eigenvalue weighted by atomic mass is 9.91. The molecule has 2 aromatic carbocycles. The second kappa shape index (κ2) is 9.34. The van der Waals surface area contributed by atoms with Crippen LogP contribution in [0.2, 0.25) is 0 Å². The fourth-order valence-electron chi connectivity index (χ4n) is 3.52. The molecule has 2 heterocycles. The molecule has 0 saturated carbocycles. The Bertz CT molecular complexity index is 1500. The van der Waals surface area contributed by atoms with Gasteiger partial charge in [-0.1, -0.05) is 23.8 Å². The number of benzene rings is 2. The Labute approximate surface area is 202 Å². The summed E-state index contributed by atoms with van der Waals surface area (Å²) in [7, 11) is 0. The molecule has 1 aliphatic heterocycles. The van der Waals surface area contributed by atoms with E-state index in [2.05, 4.69) is 28.7 Å². The zero-order valence-corrected chi connectivity index (χ0v) is 19.4. The van der Waals surface area contributed by atoms with Gasteiger partial charge in [0, 0.05) is 45.8 Å². The monoisotopic (exact) mass is 467 g/mol. The summed E-state index contributed by atoms with van der Waals surface area (Å²) in [5, 5.41) is 17.4. The van der Waals surface area contributed by atoms with Gasteiger partial charge in [0.05, 0.1) is 0 Å². The number of amidine groups is 1. The van der Waals surface area contributed by atoms with Crippen molar-refractivity contribution in [2.45, 2.75) is 26.4 Å². The molecule has 0 bridgehead atoms. The molecule has 4 rings (SSSR count). The van der Waals surface area contributed by atoms with E-state index < -0.39 is 17.4 Å². The van der Waals surface area contributed by atoms with Crippen molar-refractivity contribution in [1.29, 1.82) is 5.41 Å². The van der Waals surface area contributed by atoms with Gasteiger partial charge in [0.1, 0.15) is 17.6 Å². The number of ether oxygens (including phenoxy) is 2. The molecule has 0 radical (unpaired) electrons. The van der Waals surface area contributed by atoms with Gasteiger partial charge in [0.15, 0.2) is 11.6 Å². The molecular formula is C28H22FN3O3. The molecule has 6 nitrogen and oxygen atoms in total. The van der Waals surface area contributed by atoms with Crippen molar-refractivity contribution in [2.75, 3.05) is 0 Å². The minimum atomic E-state index is -1.24. The standard InChI is InChI=1S/C28H22FN3O3/c1-4-5-18-10-20(15-32-14-18)19-6-7-25-21(13-19)23(16-34-27(30)31)22-11-17(8-9-28(2,3)33)12-24(29)26(22)35-25/h6-7,10-16,33H,1-3H3,(H3,30,31). The van der Waals surface area contributed by atoms with Crippen LogP contribution in [0.1, 0.15) is 43.0 Å². The van der Waals surface area contributed by atoms with Crippen molar-refractivity contribution >= 4 is 11.6 Å². The van der Waals surface area contributed by atoms with E-state index in [9.17, 15) is 5.11 Å². The maximum atomic E-state index is 15.1. The maximum absolute atomic E-state index is 15.1. The fraction of sp³-hybridized carbons (Fsp3) is 0.143. The van der Waals surface area contributed by atoms with E-state index in [0.717, 1.165) is 16.7 Å². The molecular weight excluding hydrogens is 445 g/mol. The highest BCUT2D eigenvalue weighted by Gasteiger charge is 2.27. The summed E-state index contributed by atoms with van der Waals surface area (Å²) in [4.78, 5) is 4.27. The predicted molar refractivity (Wildman–Crippen MR) is 132 cm³/mol. The summed E-state index contributed by atoms with van der Waals surface area (Å²) in [5.41, 5.74) is 8.39. The summed E-state index contributed by atoms with van der Waals surface area (Å²) in [6.07, 6.45) is 4.69.